The third-order valence-electron chi connectivity index (χ3n) is 5.57. The van der Waals surface area contributed by atoms with Crippen molar-refractivity contribution < 1.29 is 9.59 Å². The van der Waals surface area contributed by atoms with Crippen LogP contribution in [0.1, 0.15) is 20.8 Å². The molecule has 2 aromatic carbocycles. The number of amides is 2. The molecule has 1 saturated heterocycles. The van der Waals surface area contributed by atoms with Gasteiger partial charge in [-0.3, -0.25) is 9.59 Å². The van der Waals surface area contributed by atoms with Crippen molar-refractivity contribution in [2.24, 2.45) is 5.41 Å². The van der Waals surface area contributed by atoms with E-state index < -0.39 is 0 Å². The Morgan fingerprint density at radius 2 is 1.60 bits per heavy atom. The van der Waals surface area contributed by atoms with Crippen molar-refractivity contribution in [2.45, 2.75) is 25.9 Å². The lowest BCUT2D eigenvalue weighted by molar-refractivity contribution is -0.139. The summed E-state index contributed by atoms with van der Waals surface area (Å²) in [5, 5.41) is 15.8. The Labute approximate surface area is 213 Å². The predicted octanol–water partition coefficient (Wildman–Crippen LogP) is 3.74. The van der Waals surface area contributed by atoms with Gasteiger partial charge in [0.1, 0.15) is 0 Å². The number of nitrogens with one attached hydrogen (secondary N) is 1. The van der Waals surface area contributed by atoms with Crippen LogP contribution in [0.4, 0.5) is 11.4 Å². The molecule has 1 aliphatic rings. The van der Waals surface area contributed by atoms with E-state index in [9.17, 15) is 9.59 Å². The maximum atomic E-state index is 12.5. The van der Waals surface area contributed by atoms with Crippen molar-refractivity contribution in [1.82, 2.24) is 25.1 Å². The second-order valence-electron chi connectivity index (χ2n) is 9.26. The van der Waals surface area contributed by atoms with Crippen molar-refractivity contribution in [1.29, 1.82) is 0 Å². The molecule has 1 N–H and O–H groups in total. The molecule has 11 heteroatoms. The van der Waals surface area contributed by atoms with E-state index in [2.05, 4.69) is 25.7 Å². The maximum absolute atomic E-state index is 12.5. The van der Waals surface area contributed by atoms with E-state index in [0.29, 0.717) is 23.3 Å². The molecule has 184 valence electrons. The molecule has 0 spiro atoms. The Bertz CT molecular complexity index is 1170. The average molecular weight is 514 g/mol. The number of hydrogen-bond acceptors (Lipinski definition) is 7. The van der Waals surface area contributed by atoms with E-state index in [1.807, 2.05) is 62.1 Å². The SMILES string of the molecule is CC(C)(C)C(=O)N1CCN(c2ccc(NC(=O)CSc3nnnn3-c3ccc(Cl)cc3)cc2)CC1. The highest BCUT2D eigenvalue weighted by Crippen LogP contribution is 2.24. The van der Waals surface area contributed by atoms with Crippen LogP contribution in [0.2, 0.25) is 5.02 Å². The Balaban J connectivity index is 1.28. The minimum absolute atomic E-state index is 0.150. The van der Waals surface area contributed by atoms with E-state index in [1.165, 1.54) is 11.8 Å². The molecule has 4 rings (SSSR count). The molecule has 1 fully saturated rings. The van der Waals surface area contributed by atoms with Gasteiger partial charge < -0.3 is 15.1 Å². The number of tetrazole rings is 1. The van der Waals surface area contributed by atoms with Gasteiger partial charge in [-0.1, -0.05) is 44.1 Å². The summed E-state index contributed by atoms with van der Waals surface area (Å²) >= 11 is 7.19. The zero-order valence-electron chi connectivity index (χ0n) is 19.9. The second-order valence-corrected chi connectivity index (χ2v) is 10.6. The van der Waals surface area contributed by atoms with Gasteiger partial charge in [-0.2, -0.15) is 4.68 Å². The molecule has 9 nitrogen and oxygen atoms in total. The lowest BCUT2D eigenvalue weighted by atomic mass is 9.94. The first-order valence-electron chi connectivity index (χ1n) is 11.3. The monoisotopic (exact) mass is 513 g/mol. The van der Waals surface area contributed by atoms with Gasteiger partial charge >= 0.3 is 0 Å². The first-order chi connectivity index (χ1) is 16.7. The summed E-state index contributed by atoms with van der Waals surface area (Å²) in [4.78, 5) is 29.2. The number of nitrogens with zero attached hydrogens (tertiary/aromatic N) is 6. The molecule has 35 heavy (non-hydrogen) atoms. The highest BCUT2D eigenvalue weighted by atomic mass is 35.5. The first-order valence-corrected chi connectivity index (χ1v) is 12.7. The van der Waals surface area contributed by atoms with E-state index in [0.717, 1.165) is 30.2 Å². The number of benzene rings is 2. The summed E-state index contributed by atoms with van der Waals surface area (Å²) in [6.45, 7) is 8.85. The molecule has 1 aromatic heterocycles. The fraction of sp³-hybridized carbons (Fsp3) is 0.375. The van der Waals surface area contributed by atoms with Gasteiger partial charge in [0.25, 0.3) is 0 Å². The number of piperazine rings is 1. The normalized spacial score (nSPS) is 14.2. The number of hydrogen-bond donors (Lipinski definition) is 1. The average Bonchev–Trinajstić information content (AvgIpc) is 3.31. The summed E-state index contributed by atoms with van der Waals surface area (Å²) in [6.07, 6.45) is 0. The van der Waals surface area contributed by atoms with Gasteiger partial charge in [0.05, 0.1) is 11.4 Å². The van der Waals surface area contributed by atoms with Crippen molar-refractivity contribution >= 4 is 46.6 Å². The minimum atomic E-state index is -0.359. The van der Waals surface area contributed by atoms with Gasteiger partial charge in [-0.15, -0.1) is 5.10 Å². The molecule has 3 aromatic rings. The van der Waals surface area contributed by atoms with E-state index in [4.69, 9.17) is 11.6 Å². The zero-order valence-corrected chi connectivity index (χ0v) is 21.5. The molecule has 0 saturated carbocycles. The minimum Gasteiger partial charge on any atom is -0.368 e. The van der Waals surface area contributed by atoms with Gasteiger partial charge in [0.15, 0.2) is 0 Å². The Morgan fingerprint density at radius 3 is 2.23 bits per heavy atom. The molecule has 0 aliphatic carbocycles. The molecule has 2 amide bonds. The first kappa shape index (κ1) is 25.0. The van der Waals surface area contributed by atoms with E-state index in [1.54, 1.807) is 16.8 Å². The number of anilines is 2. The van der Waals surface area contributed by atoms with Crippen LogP contribution in [-0.2, 0) is 9.59 Å². The van der Waals surface area contributed by atoms with Crippen LogP contribution in [0.3, 0.4) is 0 Å². The third kappa shape index (κ3) is 6.32. The molecule has 2 heterocycles. The lowest BCUT2D eigenvalue weighted by Gasteiger charge is -2.38. The van der Waals surface area contributed by atoms with Crippen LogP contribution < -0.4 is 10.2 Å². The van der Waals surface area contributed by atoms with Gasteiger partial charge in [0.2, 0.25) is 17.0 Å². The van der Waals surface area contributed by atoms with E-state index in [-0.39, 0.29) is 23.0 Å². The quantitative estimate of drug-likeness (QED) is 0.501. The van der Waals surface area contributed by atoms with Crippen LogP contribution >= 0.6 is 23.4 Å². The molecule has 0 unspecified atom stereocenters. The van der Waals surface area contributed by atoms with Crippen LogP contribution in [0.25, 0.3) is 5.69 Å². The number of thioether (sulfide) groups is 1. The molecular weight excluding hydrogens is 486 g/mol. The standard InChI is InChI=1S/C24H28ClN7O2S/c1-24(2,3)22(34)31-14-12-30(13-15-31)19-10-6-18(7-11-19)26-21(33)16-35-23-27-28-29-32(23)20-8-4-17(25)5-9-20/h4-11H,12-16H2,1-3H3,(H,26,33). The van der Waals surface area contributed by atoms with Gasteiger partial charge in [-0.25, -0.2) is 0 Å². The van der Waals surface area contributed by atoms with Crippen LogP contribution in [0.5, 0.6) is 0 Å². The molecule has 0 atom stereocenters. The highest BCUT2D eigenvalue weighted by molar-refractivity contribution is 7.99. The van der Waals surface area contributed by atoms with Crippen molar-refractivity contribution in [3.8, 4) is 5.69 Å². The predicted molar refractivity (Wildman–Crippen MR) is 138 cm³/mol. The van der Waals surface area contributed by atoms with Crippen molar-refractivity contribution in [2.75, 3.05) is 42.1 Å². The topological polar surface area (TPSA) is 96.2 Å². The second kappa shape index (κ2) is 10.7. The van der Waals surface area contributed by atoms with Crippen LogP contribution in [-0.4, -0.2) is 68.9 Å². The number of aromatic nitrogens is 4. The third-order valence-corrected chi connectivity index (χ3v) is 6.74. The number of carbonyl (C=O) groups is 2. The van der Waals surface area contributed by atoms with Gasteiger partial charge in [-0.05, 0) is 59.0 Å². The Kier molecular flexibility index (Phi) is 7.61. The zero-order chi connectivity index (χ0) is 25.0. The summed E-state index contributed by atoms with van der Waals surface area (Å²) in [5.41, 5.74) is 2.20. The highest BCUT2D eigenvalue weighted by Gasteiger charge is 2.29. The number of rotatable bonds is 6. The van der Waals surface area contributed by atoms with Crippen molar-refractivity contribution in [3.63, 3.8) is 0 Å². The Hall–Kier alpha value is -3.11. The molecule has 0 radical (unpaired) electrons. The van der Waals surface area contributed by atoms with Crippen LogP contribution in [0, 0.1) is 5.41 Å². The van der Waals surface area contributed by atoms with Crippen molar-refractivity contribution in [3.05, 3.63) is 53.6 Å². The molecule has 1 aliphatic heterocycles. The summed E-state index contributed by atoms with van der Waals surface area (Å²) in [7, 11) is 0. The maximum Gasteiger partial charge on any atom is 0.234 e. The fourth-order valence-corrected chi connectivity index (χ4v) is 4.55. The number of halogens is 1. The summed E-state index contributed by atoms with van der Waals surface area (Å²) < 4.78 is 1.57. The van der Waals surface area contributed by atoms with E-state index >= 15 is 0 Å². The van der Waals surface area contributed by atoms with Crippen LogP contribution in [0.15, 0.2) is 53.7 Å². The lowest BCUT2D eigenvalue weighted by Crippen LogP contribution is -2.51. The Morgan fingerprint density at radius 1 is 0.971 bits per heavy atom. The smallest absolute Gasteiger partial charge is 0.234 e. The summed E-state index contributed by atoms with van der Waals surface area (Å²) in [6, 6.07) is 14.9. The summed E-state index contributed by atoms with van der Waals surface area (Å²) in [5.74, 6) is 0.206. The fourth-order valence-electron chi connectivity index (χ4n) is 3.74. The molecule has 0 bridgehead atoms. The van der Waals surface area contributed by atoms with Gasteiger partial charge in [0, 0.05) is 48.0 Å². The molecular formula is C24H28ClN7O2S. The number of carbonyl (C=O) groups excluding carboxylic acids is 2. The largest absolute Gasteiger partial charge is 0.368 e.